The Labute approximate surface area is 111 Å². The van der Waals surface area contributed by atoms with Crippen molar-refractivity contribution in [2.45, 2.75) is 58.9 Å². The molecule has 0 radical (unpaired) electrons. The van der Waals surface area contributed by atoms with E-state index in [1.807, 2.05) is 32.9 Å². The molecule has 0 bridgehead atoms. The summed E-state index contributed by atoms with van der Waals surface area (Å²) in [5.41, 5.74) is 1.87. The Morgan fingerprint density at radius 3 is 2.22 bits per heavy atom. The summed E-state index contributed by atoms with van der Waals surface area (Å²) < 4.78 is 0. The normalized spacial score (nSPS) is 11.3. The molecule has 18 heavy (non-hydrogen) atoms. The zero-order valence-corrected chi connectivity index (χ0v) is 12.0. The van der Waals surface area contributed by atoms with Crippen molar-refractivity contribution in [3.05, 3.63) is 35.4 Å². The van der Waals surface area contributed by atoms with Gasteiger partial charge in [0, 0.05) is 11.1 Å². The number of amides is 1. The lowest BCUT2D eigenvalue weighted by atomic mass is 10.0. The highest BCUT2D eigenvalue weighted by Crippen LogP contribution is 2.10. The average molecular weight is 247 g/mol. The molecule has 1 rings (SSSR count). The van der Waals surface area contributed by atoms with Gasteiger partial charge in [-0.25, -0.2) is 0 Å². The molecule has 100 valence electrons. The molecule has 0 spiro atoms. The van der Waals surface area contributed by atoms with Crippen LogP contribution >= 0.6 is 0 Å². The number of benzene rings is 1. The zero-order chi connectivity index (χ0) is 13.6. The molecule has 0 saturated heterocycles. The second-order valence-corrected chi connectivity index (χ2v) is 5.86. The van der Waals surface area contributed by atoms with Crippen LogP contribution in [0.5, 0.6) is 0 Å². The molecule has 0 saturated carbocycles. The minimum atomic E-state index is -0.184. The molecule has 1 amide bonds. The predicted octanol–water partition coefficient (Wildman–Crippen LogP) is 3.95. The van der Waals surface area contributed by atoms with Crippen molar-refractivity contribution >= 4 is 5.91 Å². The van der Waals surface area contributed by atoms with Gasteiger partial charge in [0.05, 0.1) is 0 Å². The number of hydrogen-bond donors (Lipinski definition) is 1. The van der Waals surface area contributed by atoms with E-state index in [2.05, 4.69) is 24.4 Å². The molecular weight excluding hydrogens is 222 g/mol. The standard InChI is InChI=1S/C16H25NO/c1-5-6-7-8-13-9-11-14(12-10-13)15(18)17-16(2,3)4/h9-12H,5-8H2,1-4H3,(H,17,18). The number of aryl methyl sites for hydroxylation is 1. The number of unbranched alkanes of at least 4 members (excludes halogenated alkanes) is 2. The van der Waals surface area contributed by atoms with Crippen molar-refractivity contribution in [2.75, 3.05) is 0 Å². The van der Waals surface area contributed by atoms with E-state index in [1.54, 1.807) is 0 Å². The number of nitrogens with one attached hydrogen (secondary N) is 1. The summed E-state index contributed by atoms with van der Waals surface area (Å²) in [5, 5.41) is 2.97. The fourth-order valence-corrected chi connectivity index (χ4v) is 1.81. The van der Waals surface area contributed by atoms with Crippen molar-refractivity contribution < 1.29 is 4.79 Å². The highest BCUT2D eigenvalue weighted by atomic mass is 16.1. The Morgan fingerprint density at radius 2 is 1.72 bits per heavy atom. The van der Waals surface area contributed by atoms with Crippen molar-refractivity contribution in [1.82, 2.24) is 5.32 Å². The zero-order valence-electron chi connectivity index (χ0n) is 12.0. The van der Waals surface area contributed by atoms with Crippen LogP contribution in [0.1, 0.15) is 62.9 Å². The predicted molar refractivity (Wildman–Crippen MR) is 76.9 cm³/mol. The first kappa shape index (κ1) is 14.7. The van der Waals surface area contributed by atoms with E-state index < -0.39 is 0 Å². The first-order valence-corrected chi connectivity index (χ1v) is 6.84. The third-order valence-electron chi connectivity index (χ3n) is 2.77. The number of carbonyl (C=O) groups is 1. The molecule has 0 aromatic heterocycles. The molecule has 1 N–H and O–H groups in total. The van der Waals surface area contributed by atoms with Crippen molar-refractivity contribution in [3.8, 4) is 0 Å². The monoisotopic (exact) mass is 247 g/mol. The van der Waals surface area contributed by atoms with Crippen molar-refractivity contribution in [1.29, 1.82) is 0 Å². The first-order valence-electron chi connectivity index (χ1n) is 6.84. The molecule has 1 aromatic carbocycles. The Balaban J connectivity index is 2.57. The largest absolute Gasteiger partial charge is 0.347 e. The maximum Gasteiger partial charge on any atom is 0.251 e. The molecule has 0 aliphatic carbocycles. The van der Waals surface area contributed by atoms with Crippen LogP contribution in [0.15, 0.2) is 24.3 Å². The second-order valence-electron chi connectivity index (χ2n) is 5.86. The highest BCUT2D eigenvalue weighted by molar-refractivity contribution is 5.94. The summed E-state index contributed by atoms with van der Waals surface area (Å²) in [7, 11) is 0. The van der Waals surface area contributed by atoms with Gasteiger partial charge in [-0.15, -0.1) is 0 Å². The lowest BCUT2D eigenvalue weighted by Crippen LogP contribution is -2.40. The molecular formula is C16H25NO. The van der Waals surface area contributed by atoms with Crippen molar-refractivity contribution in [3.63, 3.8) is 0 Å². The van der Waals surface area contributed by atoms with Gasteiger partial charge in [-0.1, -0.05) is 31.9 Å². The summed E-state index contributed by atoms with van der Waals surface area (Å²) in [5.74, 6) is 0.00241. The van der Waals surface area contributed by atoms with Crippen LogP contribution in [0.3, 0.4) is 0 Å². The quantitative estimate of drug-likeness (QED) is 0.784. The van der Waals surface area contributed by atoms with Crippen LogP contribution in [0, 0.1) is 0 Å². The second kappa shape index (κ2) is 6.58. The van der Waals surface area contributed by atoms with Crippen LogP contribution in [-0.4, -0.2) is 11.4 Å². The third kappa shape index (κ3) is 5.35. The molecule has 1 aromatic rings. The van der Waals surface area contributed by atoms with Gasteiger partial charge in [0.15, 0.2) is 0 Å². The first-order chi connectivity index (χ1) is 8.42. The highest BCUT2D eigenvalue weighted by Gasteiger charge is 2.14. The SMILES string of the molecule is CCCCCc1ccc(C(=O)NC(C)(C)C)cc1. The molecule has 0 aliphatic rings. The van der Waals surface area contributed by atoms with E-state index >= 15 is 0 Å². The van der Waals surface area contributed by atoms with Gasteiger partial charge >= 0.3 is 0 Å². The summed E-state index contributed by atoms with van der Waals surface area (Å²) in [4.78, 5) is 11.9. The molecule has 0 heterocycles. The minimum Gasteiger partial charge on any atom is -0.347 e. The van der Waals surface area contributed by atoms with E-state index in [-0.39, 0.29) is 11.4 Å². The van der Waals surface area contributed by atoms with Gasteiger partial charge in [-0.05, 0) is 51.3 Å². The lowest BCUT2D eigenvalue weighted by Gasteiger charge is -2.20. The van der Waals surface area contributed by atoms with Gasteiger partial charge < -0.3 is 5.32 Å². The summed E-state index contributed by atoms with van der Waals surface area (Å²) in [6, 6.07) is 7.96. The van der Waals surface area contributed by atoms with E-state index in [4.69, 9.17) is 0 Å². The number of carbonyl (C=O) groups excluding carboxylic acids is 1. The molecule has 0 atom stereocenters. The summed E-state index contributed by atoms with van der Waals surface area (Å²) in [6.45, 7) is 8.18. The van der Waals surface area contributed by atoms with Crippen molar-refractivity contribution in [2.24, 2.45) is 0 Å². The molecule has 2 nitrogen and oxygen atoms in total. The van der Waals surface area contributed by atoms with E-state index in [0.29, 0.717) is 0 Å². The number of rotatable bonds is 5. The molecule has 2 heteroatoms. The van der Waals surface area contributed by atoms with Gasteiger partial charge in [-0.3, -0.25) is 4.79 Å². The van der Waals surface area contributed by atoms with E-state index in [9.17, 15) is 4.79 Å². The van der Waals surface area contributed by atoms with Crippen LogP contribution in [-0.2, 0) is 6.42 Å². The maximum absolute atomic E-state index is 11.9. The maximum atomic E-state index is 11.9. The van der Waals surface area contributed by atoms with Crippen LogP contribution in [0.2, 0.25) is 0 Å². The van der Waals surface area contributed by atoms with Crippen LogP contribution < -0.4 is 5.32 Å². The Morgan fingerprint density at radius 1 is 1.11 bits per heavy atom. The van der Waals surface area contributed by atoms with Gasteiger partial charge in [-0.2, -0.15) is 0 Å². The summed E-state index contributed by atoms with van der Waals surface area (Å²) in [6.07, 6.45) is 4.84. The average Bonchev–Trinajstić information content (AvgIpc) is 2.28. The Bertz CT molecular complexity index is 373. The fourth-order valence-electron chi connectivity index (χ4n) is 1.81. The molecule has 0 fully saturated rings. The summed E-state index contributed by atoms with van der Waals surface area (Å²) >= 11 is 0. The van der Waals surface area contributed by atoms with Crippen LogP contribution in [0.25, 0.3) is 0 Å². The van der Waals surface area contributed by atoms with Gasteiger partial charge in [0.25, 0.3) is 5.91 Å². The van der Waals surface area contributed by atoms with Crippen LogP contribution in [0.4, 0.5) is 0 Å². The topological polar surface area (TPSA) is 29.1 Å². The number of hydrogen-bond acceptors (Lipinski definition) is 1. The Kier molecular flexibility index (Phi) is 5.39. The Hall–Kier alpha value is -1.31. The van der Waals surface area contributed by atoms with E-state index in [1.165, 1.54) is 24.8 Å². The molecule has 0 unspecified atom stereocenters. The fraction of sp³-hybridized carbons (Fsp3) is 0.562. The van der Waals surface area contributed by atoms with E-state index in [0.717, 1.165) is 12.0 Å². The third-order valence-corrected chi connectivity index (χ3v) is 2.77. The smallest absolute Gasteiger partial charge is 0.251 e. The molecule has 0 aliphatic heterocycles. The van der Waals surface area contributed by atoms with Gasteiger partial charge in [0.1, 0.15) is 0 Å². The minimum absolute atomic E-state index is 0.00241. The van der Waals surface area contributed by atoms with Gasteiger partial charge in [0.2, 0.25) is 0 Å². The lowest BCUT2D eigenvalue weighted by molar-refractivity contribution is 0.0919.